The lowest BCUT2D eigenvalue weighted by atomic mass is 9.94. The molecule has 0 fully saturated rings. The number of hydrogen-bond acceptors (Lipinski definition) is 2. The average molecular weight is 566 g/mol. The van der Waals surface area contributed by atoms with E-state index in [2.05, 4.69) is 163 Å². The van der Waals surface area contributed by atoms with E-state index in [1.165, 1.54) is 33.4 Å². The highest BCUT2D eigenvalue weighted by molar-refractivity contribution is 6.05. The van der Waals surface area contributed by atoms with Crippen molar-refractivity contribution >= 4 is 38.9 Å². The van der Waals surface area contributed by atoms with Gasteiger partial charge < -0.3 is 9.32 Å². The Morgan fingerprint density at radius 2 is 1.02 bits per heavy atom. The Morgan fingerprint density at radius 1 is 0.477 bits per heavy atom. The zero-order valence-corrected chi connectivity index (χ0v) is 24.3. The topological polar surface area (TPSA) is 16.4 Å². The molecule has 0 bridgehead atoms. The van der Waals surface area contributed by atoms with Crippen molar-refractivity contribution in [2.75, 3.05) is 4.90 Å². The van der Waals surface area contributed by atoms with Crippen LogP contribution < -0.4 is 4.90 Å². The van der Waals surface area contributed by atoms with E-state index in [0.29, 0.717) is 0 Å². The number of para-hydroxylation sites is 1. The van der Waals surface area contributed by atoms with Gasteiger partial charge in [-0.25, -0.2) is 0 Å². The van der Waals surface area contributed by atoms with Crippen LogP contribution in [-0.4, -0.2) is 6.04 Å². The number of anilines is 2. The molecule has 2 nitrogen and oxygen atoms in total. The lowest BCUT2D eigenvalue weighted by Crippen LogP contribution is -2.30. The quantitative estimate of drug-likeness (QED) is 0.199. The average Bonchev–Trinajstić information content (AvgIpc) is 3.48. The predicted molar refractivity (Wildman–Crippen MR) is 185 cm³/mol. The second kappa shape index (κ2) is 11.2. The first kappa shape index (κ1) is 26.1. The second-order valence-electron chi connectivity index (χ2n) is 11.3. The van der Waals surface area contributed by atoms with Gasteiger partial charge in [0.1, 0.15) is 11.2 Å². The minimum atomic E-state index is 0.159. The first-order chi connectivity index (χ1) is 21.8. The monoisotopic (exact) mass is 565 g/mol. The summed E-state index contributed by atoms with van der Waals surface area (Å²) in [6.07, 6.45) is 7.88. The van der Waals surface area contributed by atoms with E-state index in [4.69, 9.17) is 4.42 Å². The molecule has 1 aliphatic rings. The van der Waals surface area contributed by atoms with E-state index in [0.717, 1.165) is 39.7 Å². The molecule has 6 aromatic carbocycles. The van der Waals surface area contributed by atoms with Crippen LogP contribution in [-0.2, 0) is 0 Å². The smallest absolute Gasteiger partial charge is 0.137 e. The van der Waals surface area contributed by atoms with Crippen molar-refractivity contribution in [1.82, 2.24) is 0 Å². The third-order valence-corrected chi connectivity index (χ3v) is 8.63. The molecule has 210 valence electrons. The van der Waals surface area contributed by atoms with Gasteiger partial charge in [-0.1, -0.05) is 133 Å². The molecule has 0 aliphatic heterocycles. The van der Waals surface area contributed by atoms with Crippen LogP contribution in [0.4, 0.5) is 11.4 Å². The van der Waals surface area contributed by atoms with Crippen molar-refractivity contribution in [2.45, 2.75) is 12.5 Å². The van der Waals surface area contributed by atoms with Gasteiger partial charge in [0.2, 0.25) is 0 Å². The van der Waals surface area contributed by atoms with Crippen LogP contribution in [0.5, 0.6) is 0 Å². The summed E-state index contributed by atoms with van der Waals surface area (Å²) in [7, 11) is 0. The molecule has 7 aromatic rings. The molecule has 0 saturated heterocycles. The standard InChI is InChI=1S/C42H31NO/c1-3-9-30(10-4-1)32-15-17-33(18-16-32)35-21-25-37(26-22-35)43(36-23-19-34(20-24-36)31-11-5-2-6-12-31)38-27-28-40-39-13-7-8-14-41(39)44-42(40)29-38/h1-25,27-29,37H,26H2. The summed E-state index contributed by atoms with van der Waals surface area (Å²) < 4.78 is 6.30. The van der Waals surface area contributed by atoms with E-state index in [1.807, 2.05) is 12.1 Å². The SMILES string of the molecule is C1=CC(N(c2ccc(-c3ccccc3)cc2)c2ccc3c(c2)oc2ccccc23)CC=C1c1ccc(-c2ccccc2)cc1. The molecule has 0 radical (unpaired) electrons. The van der Waals surface area contributed by atoms with Crippen molar-refractivity contribution in [3.63, 3.8) is 0 Å². The lowest BCUT2D eigenvalue weighted by molar-refractivity contribution is 0.668. The summed E-state index contributed by atoms with van der Waals surface area (Å²) in [6.45, 7) is 0. The third-order valence-electron chi connectivity index (χ3n) is 8.63. The molecule has 1 aliphatic carbocycles. The van der Waals surface area contributed by atoms with Crippen molar-refractivity contribution < 1.29 is 4.42 Å². The molecule has 0 N–H and O–H groups in total. The molecule has 2 heteroatoms. The molecule has 8 rings (SSSR count). The molecule has 0 saturated carbocycles. The largest absolute Gasteiger partial charge is 0.456 e. The summed E-state index contributed by atoms with van der Waals surface area (Å²) in [5.74, 6) is 0. The normalized spacial score (nSPS) is 14.5. The van der Waals surface area contributed by atoms with Gasteiger partial charge in [-0.05, 0) is 70.1 Å². The molecule has 1 unspecified atom stereocenters. The van der Waals surface area contributed by atoms with Crippen LogP contribution in [0.3, 0.4) is 0 Å². The van der Waals surface area contributed by atoms with Crippen molar-refractivity contribution in [1.29, 1.82) is 0 Å². The highest BCUT2D eigenvalue weighted by Gasteiger charge is 2.22. The van der Waals surface area contributed by atoms with E-state index in [1.54, 1.807) is 0 Å². The van der Waals surface area contributed by atoms with Crippen molar-refractivity contribution in [3.05, 3.63) is 175 Å². The minimum Gasteiger partial charge on any atom is -0.456 e. The molecular weight excluding hydrogens is 534 g/mol. The number of hydrogen-bond donors (Lipinski definition) is 0. The van der Waals surface area contributed by atoms with Crippen LogP contribution in [0.2, 0.25) is 0 Å². The van der Waals surface area contributed by atoms with Crippen LogP contribution >= 0.6 is 0 Å². The molecule has 1 atom stereocenters. The summed E-state index contributed by atoms with van der Waals surface area (Å²) in [5.41, 5.74) is 11.5. The summed E-state index contributed by atoms with van der Waals surface area (Å²) >= 11 is 0. The summed E-state index contributed by atoms with van der Waals surface area (Å²) in [4.78, 5) is 2.43. The first-order valence-corrected chi connectivity index (χ1v) is 15.2. The maximum atomic E-state index is 6.30. The molecule has 44 heavy (non-hydrogen) atoms. The number of furan rings is 1. The lowest BCUT2D eigenvalue weighted by Gasteiger charge is -2.33. The molecule has 0 amide bonds. The minimum absolute atomic E-state index is 0.159. The highest BCUT2D eigenvalue weighted by atomic mass is 16.3. The van der Waals surface area contributed by atoms with Gasteiger partial charge in [0, 0.05) is 28.2 Å². The van der Waals surface area contributed by atoms with Gasteiger partial charge in [-0.15, -0.1) is 0 Å². The molecule has 1 heterocycles. The maximum Gasteiger partial charge on any atom is 0.137 e. The predicted octanol–water partition coefficient (Wildman–Crippen LogP) is 11.5. The molecular formula is C42H31NO. The van der Waals surface area contributed by atoms with Gasteiger partial charge >= 0.3 is 0 Å². The number of benzene rings is 6. The maximum absolute atomic E-state index is 6.30. The van der Waals surface area contributed by atoms with Gasteiger partial charge in [-0.3, -0.25) is 0 Å². The third kappa shape index (κ3) is 4.91. The van der Waals surface area contributed by atoms with Gasteiger partial charge in [0.25, 0.3) is 0 Å². The van der Waals surface area contributed by atoms with Gasteiger partial charge in [0.15, 0.2) is 0 Å². The van der Waals surface area contributed by atoms with E-state index in [9.17, 15) is 0 Å². The van der Waals surface area contributed by atoms with Crippen LogP contribution in [0, 0.1) is 0 Å². The highest BCUT2D eigenvalue weighted by Crippen LogP contribution is 2.38. The Balaban J connectivity index is 1.13. The number of allylic oxidation sites excluding steroid dienone is 2. The van der Waals surface area contributed by atoms with E-state index < -0.39 is 0 Å². The van der Waals surface area contributed by atoms with E-state index >= 15 is 0 Å². The number of rotatable bonds is 6. The Hall–Kier alpha value is -5.60. The first-order valence-electron chi connectivity index (χ1n) is 15.2. The second-order valence-corrected chi connectivity index (χ2v) is 11.3. The zero-order valence-electron chi connectivity index (χ0n) is 24.3. The van der Waals surface area contributed by atoms with Crippen LogP contribution in [0.15, 0.2) is 174 Å². The van der Waals surface area contributed by atoms with Crippen LogP contribution in [0.1, 0.15) is 12.0 Å². The van der Waals surface area contributed by atoms with Crippen molar-refractivity contribution in [2.24, 2.45) is 0 Å². The Morgan fingerprint density at radius 3 is 1.68 bits per heavy atom. The summed E-state index contributed by atoms with van der Waals surface area (Å²) in [6, 6.07) is 53.9. The number of fused-ring (bicyclic) bond motifs is 3. The summed E-state index contributed by atoms with van der Waals surface area (Å²) in [5, 5.41) is 2.29. The fourth-order valence-corrected chi connectivity index (χ4v) is 6.34. The fraction of sp³-hybridized carbons (Fsp3) is 0.0476. The van der Waals surface area contributed by atoms with Crippen LogP contribution in [0.25, 0.3) is 49.8 Å². The number of nitrogens with zero attached hydrogens (tertiary/aromatic N) is 1. The fourth-order valence-electron chi connectivity index (χ4n) is 6.34. The Kier molecular flexibility index (Phi) is 6.66. The zero-order chi connectivity index (χ0) is 29.3. The molecule has 1 aromatic heterocycles. The van der Waals surface area contributed by atoms with Gasteiger partial charge in [-0.2, -0.15) is 0 Å². The van der Waals surface area contributed by atoms with Crippen molar-refractivity contribution in [3.8, 4) is 22.3 Å². The molecule has 0 spiro atoms. The Bertz CT molecular complexity index is 2120. The Labute approximate surface area is 257 Å². The van der Waals surface area contributed by atoms with Gasteiger partial charge in [0.05, 0.1) is 6.04 Å². The van der Waals surface area contributed by atoms with E-state index in [-0.39, 0.29) is 6.04 Å².